The maximum atomic E-state index is 10.7. The summed E-state index contributed by atoms with van der Waals surface area (Å²) in [6.45, 7) is 0.0975. The average Bonchev–Trinajstić information content (AvgIpc) is 2.88. The van der Waals surface area contributed by atoms with Crippen molar-refractivity contribution in [2.45, 2.75) is 5.75 Å². The van der Waals surface area contributed by atoms with Crippen molar-refractivity contribution < 1.29 is 14.6 Å². The van der Waals surface area contributed by atoms with E-state index in [-0.39, 0.29) is 18.2 Å². The summed E-state index contributed by atoms with van der Waals surface area (Å²) in [6, 6.07) is 6.03. The van der Waals surface area contributed by atoms with Gasteiger partial charge in [-0.1, -0.05) is 11.2 Å². The summed E-state index contributed by atoms with van der Waals surface area (Å²) >= 11 is 1.48. The van der Waals surface area contributed by atoms with Crippen LogP contribution in [-0.2, 0) is 5.75 Å². The first-order valence-corrected chi connectivity index (χ1v) is 6.62. The number of nitro groups is 1. The Balaban J connectivity index is 2.13. The summed E-state index contributed by atoms with van der Waals surface area (Å²) in [5, 5.41) is 23.1. The Morgan fingerprint density at radius 2 is 2.32 bits per heavy atom. The summed E-state index contributed by atoms with van der Waals surface area (Å²) in [6.07, 6.45) is 0. The van der Waals surface area contributed by atoms with Gasteiger partial charge in [0, 0.05) is 23.4 Å². The molecule has 0 bridgehead atoms. The molecule has 0 fully saturated rings. The molecule has 0 spiro atoms. The third-order valence-electron chi connectivity index (χ3n) is 2.24. The van der Waals surface area contributed by atoms with Crippen LogP contribution in [-0.4, -0.2) is 32.5 Å². The average molecular weight is 281 g/mol. The molecule has 1 aromatic heterocycles. The third-order valence-corrected chi connectivity index (χ3v) is 3.17. The first kappa shape index (κ1) is 13.5. The van der Waals surface area contributed by atoms with Crippen LogP contribution in [0.4, 0.5) is 5.69 Å². The highest BCUT2D eigenvalue weighted by Crippen LogP contribution is 2.22. The largest absolute Gasteiger partial charge is 0.396 e. The number of nitrogens with zero attached hydrogens (tertiary/aromatic N) is 3. The van der Waals surface area contributed by atoms with Crippen LogP contribution in [0.5, 0.6) is 0 Å². The molecule has 0 aliphatic rings. The number of aliphatic hydroxyl groups excluding tert-OH is 1. The van der Waals surface area contributed by atoms with Gasteiger partial charge in [0.05, 0.1) is 17.3 Å². The van der Waals surface area contributed by atoms with E-state index in [0.29, 0.717) is 22.9 Å². The van der Waals surface area contributed by atoms with Crippen LogP contribution in [0.15, 0.2) is 28.8 Å². The minimum absolute atomic E-state index is 0.0214. The van der Waals surface area contributed by atoms with E-state index in [2.05, 4.69) is 10.1 Å². The van der Waals surface area contributed by atoms with Crippen LogP contribution < -0.4 is 0 Å². The summed E-state index contributed by atoms with van der Waals surface area (Å²) in [7, 11) is 0. The lowest BCUT2D eigenvalue weighted by Crippen LogP contribution is -1.90. The molecule has 0 saturated carbocycles. The fourth-order valence-electron chi connectivity index (χ4n) is 1.41. The number of non-ortho nitro benzene ring substituents is 1. The molecule has 8 heteroatoms. The number of benzene rings is 1. The molecule has 2 aromatic rings. The Morgan fingerprint density at radius 3 is 3.05 bits per heavy atom. The molecule has 0 radical (unpaired) electrons. The lowest BCUT2D eigenvalue weighted by atomic mass is 10.2. The number of thioether (sulfide) groups is 1. The Hall–Kier alpha value is -1.93. The van der Waals surface area contributed by atoms with E-state index in [1.807, 2.05) is 0 Å². The molecule has 2 rings (SSSR count). The molecule has 100 valence electrons. The van der Waals surface area contributed by atoms with Crippen LogP contribution in [0, 0.1) is 10.1 Å². The van der Waals surface area contributed by atoms with Crippen molar-refractivity contribution in [3.63, 3.8) is 0 Å². The molecule has 1 heterocycles. The zero-order valence-corrected chi connectivity index (χ0v) is 10.7. The van der Waals surface area contributed by atoms with Crippen molar-refractivity contribution in [1.29, 1.82) is 0 Å². The van der Waals surface area contributed by atoms with E-state index < -0.39 is 4.92 Å². The number of hydrogen-bond acceptors (Lipinski definition) is 7. The lowest BCUT2D eigenvalue weighted by Gasteiger charge is -1.94. The molecular weight excluding hydrogens is 270 g/mol. The Kier molecular flexibility index (Phi) is 4.48. The summed E-state index contributed by atoms with van der Waals surface area (Å²) in [4.78, 5) is 14.4. The van der Waals surface area contributed by atoms with Crippen molar-refractivity contribution in [2.24, 2.45) is 0 Å². The second-order valence-electron chi connectivity index (χ2n) is 3.60. The zero-order valence-electron chi connectivity index (χ0n) is 9.85. The van der Waals surface area contributed by atoms with E-state index in [0.717, 1.165) is 0 Å². The van der Waals surface area contributed by atoms with Gasteiger partial charge in [-0.2, -0.15) is 16.7 Å². The third kappa shape index (κ3) is 3.52. The minimum atomic E-state index is -0.474. The van der Waals surface area contributed by atoms with Gasteiger partial charge in [0.25, 0.3) is 11.6 Å². The van der Waals surface area contributed by atoms with Gasteiger partial charge in [-0.3, -0.25) is 10.1 Å². The van der Waals surface area contributed by atoms with Gasteiger partial charge >= 0.3 is 0 Å². The molecule has 0 unspecified atom stereocenters. The Morgan fingerprint density at radius 1 is 1.47 bits per heavy atom. The van der Waals surface area contributed by atoms with Crippen molar-refractivity contribution in [3.8, 4) is 11.5 Å². The fourth-order valence-corrected chi connectivity index (χ4v) is 1.98. The molecule has 0 aliphatic heterocycles. The Bertz CT molecular complexity index is 573. The molecular formula is C11H11N3O4S. The summed E-state index contributed by atoms with van der Waals surface area (Å²) < 4.78 is 5.06. The van der Waals surface area contributed by atoms with Crippen molar-refractivity contribution in [2.75, 3.05) is 12.4 Å². The highest BCUT2D eigenvalue weighted by molar-refractivity contribution is 7.98. The maximum absolute atomic E-state index is 10.7. The smallest absolute Gasteiger partial charge is 0.270 e. The van der Waals surface area contributed by atoms with Crippen LogP contribution in [0.25, 0.3) is 11.5 Å². The lowest BCUT2D eigenvalue weighted by molar-refractivity contribution is -0.384. The zero-order chi connectivity index (χ0) is 13.7. The highest BCUT2D eigenvalue weighted by atomic mass is 32.2. The second-order valence-corrected chi connectivity index (χ2v) is 4.70. The molecule has 0 aliphatic carbocycles. The van der Waals surface area contributed by atoms with E-state index in [1.54, 1.807) is 12.1 Å². The van der Waals surface area contributed by atoms with Gasteiger partial charge in [-0.05, 0) is 6.07 Å². The highest BCUT2D eigenvalue weighted by Gasteiger charge is 2.12. The summed E-state index contributed by atoms with van der Waals surface area (Å²) in [5.74, 6) is 1.88. The van der Waals surface area contributed by atoms with E-state index >= 15 is 0 Å². The molecule has 19 heavy (non-hydrogen) atoms. The van der Waals surface area contributed by atoms with Crippen LogP contribution >= 0.6 is 11.8 Å². The molecule has 7 nitrogen and oxygen atoms in total. The van der Waals surface area contributed by atoms with E-state index in [1.165, 1.54) is 23.9 Å². The van der Waals surface area contributed by atoms with Gasteiger partial charge < -0.3 is 9.63 Å². The minimum Gasteiger partial charge on any atom is -0.396 e. The fraction of sp³-hybridized carbons (Fsp3) is 0.273. The van der Waals surface area contributed by atoms with Crippen LogP contribution in [0.2, 0.25) is 0 Å². The molecule has 0 amide bonds. The van der Waals surface area contributed by atoms with Gasteiger partial charge in [0.1, 0.15) is 0 Å². The number of rotatable bonds is 6. The summed E-state index contributed by atoms with van der Waals surface area (Å²) in [5.41, 5.74) is 0.493. The Labute approximate surface area is 112 Å². The number of hydrogen-bond donors (Lipinski definition) is 1. The first-order valence-electron chi connectivity index (χ1n) is 5.46. The first-order chi connectivity index (χ1) is 9.20. The van der Waals surface area contributed by atoms with Gasteiger partial charge in [0.15, 0.2) is 5.82 Å². The van der Waals surface area contributed by atoms with E-state index in [9.17, 15) is 10.1 Å². The van der Waals surface area contributed by atoms with Crippen molar-refractivity contribution in [1.82, 2.24) is 10.1 Å². The van der Waals surface area contributed by atoms with E-state index in [4.69, 9.17) is 9.63 Å². The maximum Gasteiger partial charge on any atom is 0.270 e. The number of nitro benzene ring substituents is 1. The molecule has 1 aromatic carbocycles. The quantitative estimate of drug-likeness (QED) is 0.489. The predicted molar refractivity (Wildman–Crippen MR) is 69.6 cm³/mol. The molecule has 1 N–H and O–H groups in total. The predicted octanol–water partition coefficient (Wildman–Crippen LogP) is 1.87. The number of aliphatic hydroxyl groups is 1. The van der Waals surface area contributed by atoms with Gasteiger partial charge in [0.2, 0.25) is 0 Å². The van der Waals surface area contributed by atoms with Gasteiger partial charge in [-0.15, -0.1) is 0 Å². The van der Waals surface area contributed by atoms with Crippen LogP contribution in [0.3, 0.4) is 0 Å². The normalized spacial score (nSPS) is 10.6. The monoisotopic (exact) mass is 281 g/mol. The molecule has 0 atom stereocenters. The van der Waals surface area contributed by atoms with Crippen molar-refractivity contribution in [3.05, 3.63) is 40.2 Å². The topological polar surface area (TPSA) is 102 Å². The number of aromatic nitrogens is 2. The molecule has 0 saturated heterocycles. The van der Waals surface area contributed by atoms with Gasteiger partial charge in [-0.25, -0.2) is 0 Å². The van der Waals surface area contributed by atoms with Crippen molar-refractivity contribution >= 4 is 17.4 Å². The van der Waals surface area contributed by atoms with Crippen LogP contribution in [0.1, 0.15) is 5.82 Å². The SMILES string of the molecule is O=[N+]([O-])c1cccc(-c2nc(CSCCO)no2)c1. The standard InChI is InChI=1S/C11H11N3O4S/c15-4-5-19-7-10-12-11(18-13-10)8-2-1-3-9(6-8)14(16)17/h1-3,6,15H,4-5,7H2. The second kappa shape index (κ2) is 6.30.